The molecule has 7 heteroatoms. The van der Waals surface area contributed by atoms with Crippen LogP contribution in [0.1, 0.15) is 47.8 Å². The number of nitrogens with zero attached hydrogens (tertiary/aromatic N) is 3. The zero-order chi connectivity index (χ0) is 17.2. The molecule has 2 heterocycles. The zero-order valence-corrected chi connectivity index (χ0v) is 13.7. The maximum Gasteiger partial charge on any atom is 0.254 e. The number of pyridine rings is 1. The van der Waals surface area contributed by atoms with Gasteiger partial charge in [-0.25, -0.2) is 9.97 Å². The van der Waals surface area contributed by atoms with E-state index in [2.05, 4.69) is 20.3 Å². The number of carbonyl (C=O) groups excluding carboxylic acids is 1. The highest BCUT2D eigenvalue weighted by atomic mass is 16.5. The standard InChI is InChI=1S/C18H20N4O3/c23-16-14(5-6-15(16)25-13-2-1-7-19-10-13)22-18(24)12-8-20-17(21-9-12)11-3-4-11/h1-2,7-11,14-16,23H,3-6H2,(H,22,24)/t14-,15-,16-/m1/s1. The number of aromatic nitrogens is 3. The van der Waals surface area contributed by atoms with E-state index in [0.717, 1.165) is 18.7 Å². The number of ether oxygens (including phenoxy) is 1. The lowest BCUT2D eigenvalue weighted by Crippen LogP contribution is -2.44. The van der Waals surface area contributed by atoms with Crippen LogP contribution in [0.2, 0.25) is 0 Å². The maximum atomic E-state index is 12.4. The molecule has 2 fully saturated rings. The van der Waals surface area contributed by atoms with Gasteiger partial charge in [-0.05, 0) is 37.8 Å². The fraction of sp³-hybridized carbons (Fsp3) is 0.444. The molecule has 2 aromatic rings. The predicted octanol–water partition coefficient (Wildman–Crippen LogP) is 1.45. The predicted molar refractivity (Wildman–Crippen MR) is 89.2 cm³/mol. The molecule has 0 saturated heterocycles. The van der Waals surface area contributed by atoms with Crippen LogP contribution in [0.5, 0.6) is 5.75 Å². The highest BCUT2D eigenvalue weighted by Gasteiger charge is 2.37. The van der Waals surface area contributed by atoms with Crippen molar-refractivity contribution in [1.82, 2.24) is 20.3 Å². The van der Waals surface area contributed by atoms with Gasteiger partial charge >= 0.3 is 0 Å². The molecule has 130 valence electrons. The number of nitrogens with one attached hydrogen (secondary N) is 1. The Morgan fingerprint density at radius 2 is 1.96 bits per heavy atom. The van der Waals surface area contributed by atoms with Crippen LogP contribution in [0.4, 0.5) is 0 Å². The lowest BCUT2D eigenvalue weighted by Gasteiger charge is -2.21. The summed E-state index contributed by atoms with van der Waals surface area (Å²) in [6, 6.07) is 3.23. The molecule has 2 N–H and O–H groups in total. The quantitative estimate of drug-likeness (QED) is 0.855. The Morgan fingerprint density at radius 1 is 1.16 bits per heavy atom. The second kappa shape index (κ2) is 6.76. The molecule has 2 aliphatic rings. The number of aliphatic hydroxyl groups excluding tert-OH is 1. The lowest BCUT2D eigenvalue weighted by molar-refractivity contribution is 0.0432. The van der Waals surface area contributed by atoms with E-state index < -0.39 is 6.10 Å². The first-order valence-corrected chi connectivity index (χ1v) is 8.58. The Kier molecular flexibility index (Phi) is 4.31. The van der Waals surface area contributed by atoms with E-state index in [0.29, 0.717) is 30.1 Å². The van der Waals surface area contributed by atoms with Gasteiger partial charge in [-0.2, -0.15) is 0 Å². The van der Waals surface area contributed by atoms with Gasteiger partial charge in [0.05, 0.1) is 17.8 Å². The Morgan fingerprint density at radius 3 is 2.64 bits per heavy atom. The smallest absolute Gasteiger partial charge is 0.254 e. The van der Waals surface area contributed by atoms with E-state index in [1.54, 1.807) is 36.9 Å². The van der Waals surface area contributed by atoms with Crippen molar-refractivity contribution in [3.05, 3.63) is 48.3 Å². The summed E-state index contributed by atoms with van der Waals surface area (Å²) in [4.78, 5) is 24.9. The molecule has 0 unspecified atom stereocenters. The molecule has 7 nitrogen and oxygen atoms in total. The topological polar surface area (TPSA) is 97.2 Å². The van der Waals surface area contributed by atoms with Gasteiger partial charge in [-0.15, -0.1) is 0 Å². The van der Waals surface area contributed by atoms with Gasteiger partial charge in [0.1, 0.15) is 23.8 Å². The zero-order valence-electron chi connectivity index (χ0n) is 13.7. The third-order valence-electron chi connectivity index (χ3n) is 4.67. The van der Waals surface area contributed by atoms with E-state index in [1.807, 2.05) is 0 Å². The number of amides is 1. The minimum absolute atomic E-state index is 0.270. The Balaban J connectivity index is 1.35. The van der Waals surface area contributed by atoms with Crippen LogP contribution >= 0.6 is 0 Å². The van der Waals surface area contributed by atoms with Gasteiger partial charge in [0.25, 0.3) is 5.91 Å². The molecular weight excluding hydrogens is 320 g/mol. The van der Waals surface area contributed by atoms with Crippen molar-refractivity contribution in [3.8, 4) is 5.75 Å². The van der Waals surface area contributed by atoms with Crippen molar-refractivity contribution in [2.24, 2.45) is 0 Å². The summed E-state index contributed by atoms with van der Waals surface area (Å²) in [7, 11) is 0. The van der Waals surface area contributed by atoms with Crippen LogP contribution in [0.3, 0.4) is 0 Å². The van der Waals surface area contributed by atoms with Crippen molar-refractivity contribution in [2.75, 3.05) is 0 Å². The van der Waals surface area contributed by atoms with Crippen LogP contribution in [0.15, 0.2) is 36.9 Å². The lowest BCUT2D eigenvalue weighted by atomic mass is 10.2. The minimum atomic E-state index is -0.768. The van der Waals surface area contributed by atoms with Crippen molar-refractivity contribution < 1.29 is 14.6 Å². The molecule has 0 radical (unpaired) electrons. The summed E-state index contributed by atoms with van der Waals surface area (Å²) < 4.78 is 5.77. The maximum absolute atomic E-state index is 12.4. The summed E-state index contributed by atoms with van der Waals surface area (Å²) >= 11 is 0. The van der Waals surface area contributed by atoms with E-state index in [-0.39, 0.29) is 18.1 Å². The van der Waals surface area contributed by atoms with Gasteiger partial charge < -0.3 is 15.2 Å². The van der Waals surface area contributed by atoms with E-state index in [4.69, 9.17) is 4.74 Å². The Labute approximate surface area is 145 Å². The Bertz CT molecular complexity index is 734. The largest absolute Gasteiger partial charge is 0.486 e. The molecule has 25 heavy (non-hydrogen) atoms. The molecule has 4 rings (SSSR count). The summed E-state index contributed by atoms with van der Waals surface area (Å²) in [5.41, 5.74) is 0.410. The number of hydrogen-bond acceptors (Lipinski definition) is 6. The number of carbonyl (C=O) groups is 1. The van der Waals surface area contributed by atoms with Gasteiger partial charge in [0, 0.05) is 24.5 Å². The molecule has 2 aliphatic carbocycles. The number of hydrogen-bond donors (Lipinski definition) is 2. The summed E-state index contributed by atoms with van der Waals surface area (Å²) in [6.45, 7) is 0. The third-order valence-corrected chi connectivity index (χ3v) is 4.67. The normalized spacial score (nSPS) is 25.6. The summed E-state index contributed by atoms with van der Waals surface area (Å²) in [5, 5.41) is 13.3. The third kappa shape index (κ3) is 3.61. The van der Waals surface area contributed by atoms with E-state index in [1.165, 1.54) is 0 Å². The van der Waals surface area contributed by atoms with Crippen LogP contribution in [0, 0.1) is 0 Å². The van der Waals surface area contributed by atoms with Gasteiger partial charge in [0.2, 0.25) is 0 Å². The average molecular weight is 340 g/mol. The van der Waals surface area contributed by atoms with Crippen molar-refractivity contribution >= 4 is 5.91 Å². The van der Waals surface area contributed by atoms with Crippen LogP contribution in [-0.4, -0.2) is 44.2 Å². The van der Waals surface area contributed by atoms with Gasteiger partial charge in [-0.3, -0.25) is 9.78 Å². The van der Waals surface area contributed by atoms with Crippen LogP contribution in [-0.2, 0) is 0 Å². The molecule has 0 aromatic carbocycles. The van der Waals surface area contributed by atoms with Crippen molar-refractivity contribution in [3.63, 3.8) is 0 Å². The molecular formula is C18H20N4O3. The summed E-state index contributed by atoms with van der Waals surface area (Å²) in [5.74, 6) is 1.61. The molecule has 0 bridgehead atoms. The number of aliphatic hydroxyl groups is 1. The molecule has 3 atom stereocenters. The fourth-order valence-electron chi connectivity index (χ4n) is 3.08. The second-order valence-corrected chi connectivity index (χ2v) is 6.60. The highest BCUT2D eigenvalue weighted by Crippen LogP contribution is 2.37. The molecule has 0 aliphatic heterocycles. The fourth-order valence-corrected chi connectivity index (χ4v) is 3.08. The summed E-state index contributed by atoms with van der Waals surface area (Å²) in [6.07, 6.45) is 8.82. The molecule has 1 amide bonds. The molecule has 2 aromatic heterocycles. The highest BCUT2D eigenvalue weighted by molar-refractivity contribution is 5.93. The van der Waals surface area contributed by atoms with Crippen molar-refractivity contribution in [1.29, 1.82) is 0 Å². The molecule has 0 spiro atoms. The molecule has 2 saturated carbocycles. The monoisotopic (exact) mass is 340 g/mol. The minimum Gasteiger partial charge on any atom is -0.486 e. The SMILES string of the molecule is O=C(N[C@@H]1CC[C@@H](Oc2cccnc2)[C@@H]1O)c1cnc(C2CC2)nc1. The van der Waals surface area contributed by atoms with Crippen LogP contribution in [0.25, 0.3) is 0 Å². The first-order chi connectivity index (χ1) is 12.2. The van der Waals surface area contributed by atoms with E-state index >= 15 is 0 Å². The van der Waals surface area contributed by atoms with Crippen molar-refractivity contribution in [2.45, 2.75) is 49.9 Å². The van der Waals surface area contributed by atoms with E-state index in [9.17, 15) is 9.90 Å². The first kappa shape index (κ1) is 16.0. The number of rotatable bonds is 5. The second-order valence-electron chi connectivity index (χ2n) is 6.60. The van der Waals surface area contributed by atoms with Gasteiger partial charge in [0.15, 0.2) is 0 Å². The Hall–Kier alpha value is -2.54. The first-order valence-electron chi connectivity index (χ1n) is 8.58. The van der Waals surface area contributed by atoms with Crippen LogP contribution < -0.4 is 10.1 Å². The average Bonchev–Trinajstić information content (AvgIpc) is 3.44. The van der Waals surface area contributed by atoms with Gasteiger partial charge in [-0.1, -0.05) is 0 Å².